The Balaban J connectivity index is 2.83. The van der Waals surface area contributed by atoms with Crippen molar-refractivity contribution in [3.05, 3.63) is 54.0 Å². The lowest BCUT2D eigenvalue weighted by Gasteiger charge is -2.09. The Labute approximate surface area is 120 Å². The summed E-state index contributed by atoms with van der Waals surface area (Å²) in [6, 6.07) is 7.39. The highest BCUT2D eigenvalue weighted by Crippen LogP contribution is 2.13. The van der Waals surface area contributed by atoms with Crippen molar-refractivity contribution < 1.29 is 14.1 Å². The molecule has 6 heteroatoms. The van der Waals surface area contributed by atoms with Crippen LogP contribution in [-0.2, 0) is 14.1 Å². The highest BCUT2D eigenvalue weighted by Gasteiger charge is 2.12. The van der Waals surface area contributed by atoms with Crippen LogP contribution in [0.2, 0.25) is 0 Å². The first-order valence-corrected chi connectivity index (χ1v) is 6.23. The molecule has 5 nitrogen and oxygen atoms in total. The van der Waals surface area contributed by atoms with E-state index < -0.39 is 5.91 Å². The number of aryl methyl sites for hydroxylation is 1. The Hall–Kier alpha value is -2.13. The van der Waals surface area contributed by atoms with Crippen LogP contribution in [0.15, 0.2) is 48.4 Å². The zero-order valence-electron chi connectivity index (χ0n) is 11.4. The molecule has 0 fully saturated rings. The summed E-state index contributed by atoms with van der Waals surface area (Å²) in [7, 11) is 3.38. The van der Waals surface area contributed by atoms with E-state index in [2.05, 4.69) is 11.9 Å². The van der Waals surface area contributed by atoms with Crippen LogP contribution >= 0.6 is 9.47 Å². The quantitative estimate of drug-likeness (QED) is 0.366. The number of anilines is 1. The number of methoxy groups -OCH3 is 1. The Morgan fingerprint density at radius 2 is 2.20 bits per heavy atom. The van der Waals surface area contributed by atoms with Crippen LogP contribution < -0.4 is 5.32 Å². The smallest absolute Gasteiger partial charge is 0.252 e. The molecule has 20 heavy (non-hydrogen) atoms. The summed E-state index contributed by atoms with van der Waals surface area (Å²) in [5.41, 5.74) is 1.61. The van der Waals surface area contributed by atoms with E-state index in [0.29, 0.717) is 5.69 Å². The van der Waals surface area contributed by atoms with Gasteiger partial charge in [-0.2, -0.15) is 0 Å². The van der Waals surface area contributed by atoms with Crippen molar-refractivity contribution in [3.63, 3.8) is 0 Å². The van der Waals surface area contributed by atoms with Crippen LogP contribution in [-0.4, -0.2) is 18.7 Å². The maximum Gasteiger partial charge on any atom is 0.252 e. The lowest BCUT2D eigenvalue weighted by molar-refractivity contribution is -0.112. The molecule has 1 rings (SSSR count). The molecule has 0 aliphatic rings. The largest absolute Gasteiger partial charge is 0.495 e. The fourth-order valence-electron chi connectivity index (χ4n) is 1.42. The van der Waals surface area contributed by atoms with Crippen molar-refractivity contribution in [3.8, 4) is 0 Å². The lowest BCUT2D eigenvalue weighted by atomic mass is 10.2. The van der Waals surface area contributed by atoms with Gasteiger partial charge in [0.2, 0.25) is 0 Å². The van der Waals surface area contributed by atoms with Gasteiger partial charge in [-0.15, -0.1) is 0 Å². The zero-order chi connectivity index (χ0) is 15.1. The molecule has 0 aromatic heterocycles. The molecule has 0 spiro atoms. The van der Waals surface area contributed by atoms with E-state index in [1.807, 2.05) is 34.6 Å². The molecule has 2 N–H and O–H groups in total. The first-order valence-electron chi connectivity index (χ1n) is 5.76. The van der Waals surface area contributed by atoms with Crippen molar-refractivity contribution in [1.82, 2.24) is 0 Å². The molecule has 1 aromatic rings. The predicted octanol–water partition coefficient (Wildman–Crippen LogP) is 2.80. The Morgan fingerprint density at radius 3 is 2.75 bits per heavy atom. The van der Waals surface area contributed by atoms with Gasteiger partial charge in [0.1, 0.15) is 11.5 Å². The molecule has 106 valence electrons. The molecule has 0 aliphatic heterocycles. The third kappa shape index (κ3) is 4.52. The fraction of sp³-hybridized carbons (Fsp3) is 0.143. The molecule has 1 unspecified atom stereocenters. The van der Waals surface area contributed by atoms with Gasteiger partial charge in [0, 0.05) is 11.8 Å². The number of carbonyl (C=O) groups is 1. The number of carbonyl (C=O) groups excluding carboxylic acids is 1. The third-order valence-corrected chi connectivity index (χ3v) is 2.70. The van der Waals surface area contributed by atoms with Gasteiger partial charge in [-0.3, -0.25) is 10.2 Å². The molecular formula is C14H17N2O3P. The van der Waals surface area contributed by atoms with Gasteiger partial charge in [-0.25, -0.2) is 0 Å². The second kappa shape index (κ2) is 7.46. The molecule has 0 aliphatic carbocycles. The highest BCUT2D eigenvalue weighted by atomic mass is 31.0. The molecular weight excluding hydrogens is 275 g/mol. The number of hydrogen-bond acceptors (Lipinski definition) is 4. The standard InChI is InChI=1S/C14H17N2O3P/c1-9-5-4-6-11(7-9)16-13(17)8-12(19-20)14(15)10(2)18-3/h4-8,15H,2,20H2,1,3H3,(H,16,17)/b12-8+,15-14?. The topological polar surface area (TPSA) is 71.4 Å². The van der Waals surface area contributed by atoms with Crippen LogP contribution in [0.3, 0.4) is 0 Å². The van der Waals surface area contributed by atoms with E-state index >= 15 is 0 Å². The van der Waals surface area contributed by atoms with E-state index in [4.69, 9.17) is 14.7 Å². The average molecular weight is 292 g/mol. The van der Waals surface area contributed by atoms with Gasteiger partial charge in [0.25, 0.3) is 5.91 Å². The van der Waals surface area contributed by atoms with E-state index in [9.17, 15) is 4.79 Å². The monoisotopic (exact) mass is 292 g/mol. The van der Waals surface area contributed by atoms with E-state index in [-0.39, 0.29) is 17.2 Å². The van der Waals surface area contributed by atoms with Crippen LogP contribution in [0.5, 0.6) is 0 Å². The van der Waals surface area contributed by atoms with Gasteiger partial charge in [0.05, 0.1) is 16.6 Å². The molecule has 0 radical (unpaired) electrons. The summed E-state index contributed by atoms with van der Waals surface area (Å²) in [4.78, 5) is 11.9. The predicted molar refractivity (Wildman–Crippen MR) is 82.6 cm³/mol. The second-order valence-corrected chi connectivity index (χ2v) is 4.22. The first kappa shape index (κ1) is 15.9. The number of benzene rings is 1. The second-order valence-electron chi connectivity index (χ2n) is 3.99. The molecule has 0 saturated heterocycles. The lowest BCUT2D eigenvalue weighted by Crippen LogP contribution is -2.13. The molecule has 0 saturated carbocycles. The number of rotatable bonds is 6. The van der Waals surface area contributed by atoms with Gasteiger partial charge < -0.3 is 14.6 Å². The van der Waals surface area contributed by atoms with Crippen LogP contribution in [0.4, 0.5) is 5.69 Å². The normalized spacial score (nSPS) is 10.7. The number of hydrogen-bond donors (Lipinski definition) is 2. The minimum atomic E-state index is -0.401. The highest BCUT2D eigenvalue weighted by molar-refractivity contribution is 7.10. The Kier molecular flexibility index (Phi) is 5.94. The summed E-state index contributed by atoms with van der Waals surface area (Å²) >= 11 is 0. The summed E-state index contributed by atoms with van der Waals surface area (Å²) in [5, 5.41) is 10.4. The number of nitrogens with one attached hydrogen (secondary N) is 2. The molecule has 1 aromatic carbocycles. The van der Waals surface area contributed by atoms with E-state index in [1.54, 1.807) is 6.07 Å². The minimum Gasteiger partial charge on any atom is -0.495 e. The average Bonchev–Trinajstić information content (AvgIpc) is 2.43. The van der Waals surface area contributed by atoms with Crippen LogP contribution in [0, 0.1) is 12.3 Å². The van der Waals surface area contributed by atoms with E-state index in [0.717, 1.165) is 5.56 Å². The SMILES string of the molecule is C=C(OC)C(=N)/C(=C\C(=O)Nc1cccc(C)c1)OP. The molecule has 1 atom stereocenters. The van der Waals surface area contributed by atoms with Gasteiger partial charge >= 0.3 is 0 Å². The number of ether oxygens (including phenoxy) is 1. The van der Waals surface area contributed by atoms with Gasteiger partial charge in [-0.1, -0.05) is 18.7 Å². The first-order chi connectivity index (χ1) is 9.47. The van der Waals surface area contributed by atoms with Crippen molar-refractivity contribution >= 4 is 26.8 Å². The molecule has 0 heterocycles. The molecule has 1 amide bonds. The maximum atomic E-state index is 11.9. The summed E-state index contributed by atoms with van der Waals surface area (Å²) in [6.45, 7) is 5.47. The fourth-order valence-corrected chi connectivity index (χ4v) is 1.61. The summed E-state index contributed by atoms with van der Waals surface area (Å²) in [6.07, 6.45) is 1.17. The van der Waals surface area contributed by atoms with Crippen molar-refractivity contribution in [2.45, 2.75) is 6.92 Å². The zero-order valence-corrected chi connectivity index (χ0v) is 12.6. The third-order valence-electron chi connectivity index (χ3n) is 2.45. The molecule has 0 bridgehead atoms. The van der Waals surface area contributed by atoms with E-state index in [1.165, 1.54) is 13.2 Å². The van der Waals surface area contributed by atoms with Crippen molar-refractivity contribution in [2.24, 2.45) is 0 Å². The maximum absolute atomic E-state index is 11.9. The van der Waals surface area contributed by atoms with Gasteiger partial charge in [-0.05, 0) is 24.6 Å². The summed E-state index contributed by atoms with van der Waals surface area (Å²) in [5.74, 6) is -0.240. The minimum absolute atomic E-state index is 0.0482. The van der Waals surface area contributed by atoms with Gasteiger partial charge in [0.15, 0.2) is 5.76 Å². The van der Waals surface area contributed by atoms with Crippen LogP contribution in [0.1, 0.15) is 5.56 Å². The van der Waals surface area contributed by atoms with Crippen molar-refractivity contribution in [1.29, 1.82) is 5.41 Å². The van der Waals surface area contributed by atoms with Crippen LogP contribution in [0.25, 0.3) is 0 Å². The number of amides is 1. The summed E-state index contributed by atoms with van der Waals surface area (Å²) < 4.78 is 9.75. The Bertz CT molecular complexity index is 567. The van der Waals surface area contributed by atoms with Crippen molar-refractivity contribution in [2.75, 3.05) is 12.4 Å². The Morgan fingerprint density at radius 1 is 1.50 bits per heavy atom.